The molecule has 0 aromatic heterocycles. The molecule has 6 heteroatoms. The summed E-state index contributed by atoms with van der Waals surface area (Å²) >= 11 is 7.75. The van der Waals surface area contributed by atoms with Crippen molar-refractivity contribution in [2.24, 2.45) is 0 Å². The molecule has 4 nitrogen and oxygen atoms in total. The van der Waals surface area contributed by atoms with Gasteiger partial charge in [-0.25, -0.2) is 0 Å². The van der Waals surface area contributed by atoms with E-state index in [2.05, 4.69) is 5.32 Å². The molecule has 0 aliphatic carbocycles. The van der Waals surface area contributed by atoms with Gasteiger partial charge in [0, 0.05) is 26.9 Å². The van der Waals surface area contributed by atoms with Crippen LogP contribution in [0.4, 0.5) is 5.69 Å². The number of nitrogens with one attached hydrogen (secondary N) is 1. The van der Waals surface area contributed by atoms with Crippen molar-refractivity contribution in [1.82, 2.24) is 5.32 Å². The molecule has 1 aliphatic rings. The van der Waals surface area contributed by atoms with Crippen LogP contribution >= 0.6 is 23.4 Å². The van der Waals surface area contributed by atoms with Crippen molar-refractivity contribution in [3.8, 4) is 0 Å². The minimum absolute atomic E-state index is 0.103. The van der Waals surface area contributed by atoms with E-state index in [1.54, 1.807) is 4.90 Å². The Morgan fingerprint density at radius 2 is 1.60 bits per heavy atom. The third-order valence-electron chi connectivity index (χ3n) is 5.87. The van der Waals surface area contributed by atoms with Crippen molar-refractivity contribution in [2.45, 2.75) is 22.8 Å². The molecule has 174 valence electrons. The maximum Gasteiger partial charge on any atom is 0.259 e. The molecule has 0 radical (unpaired) electrons. The van der Waals surface area contributed by atoms with Crippen LogP contribution in [-0.4, -0.2) is 18.4 Å². The molecular weight excluding hydrogens is 476 g/mol. The van der Waals surface area contributed by atoms with Crippen molar-refractivity contribution >= 4 is 40.9 Å². The molecule has 4 aromatic carbocycles. The fourth-order valence-corrected chi connectivity index (χ4v) is 5.37. The van der Waals surface area contributed by atoms with Gasteiger partial charge < -0.3 is 10.2 Å². The summed E-state index contributed by atoms with van der Waals surface area (Å²) in [5.41, 5.74) is 3.96. The van der Waals surface area contributed by atoms with Gasteiger partial charge in [-0.15, -0.1) is 0 Å². The second-order valence-corrected chi connectivity index (χ2v) is 9.81. The van der Waals surface area contributed by atoms with Gasteiger partial charge in [-0.2, -0.15) is 0 Å². The average Bonchev–Trinajstić information content (AvgIpc) is 2.99. The second-order valence-electron chi connectivity index (χ2n) is 8.29. The van der Waals surface area contributed by atoms with Crippen LogP contribution in [0, 0.1) is 0 Å². The summed E-state index contributed by atoms with van der Waals surface area (Å²) in [6.45, 7) is 0.881. The maximum atomic E-state index is 13.7. The lowest BCUT2D eigenvalue weighted by Crippen LogP contribution is -2.31. The number of rotatable bonds is 6. The zero-order valence-corrected chi connectivity index (χ0v) is 20.5. The number of hydrogen-bond acceptors (Lipinski definition) is 3. The van der Waals surface area contributed by atoms with Gasteiger partial charge >= 0.3 is 0 Å². The van der Waals surface area contributed by atoms with E-state index in [-0.39, 0.29) is 11.8 Å². The van der Waals surface area contributed by atoms with Crippen LogP contribution in [0.5, 0.6) is 0 Å². The topological polar surface area (TPSA) is 49.4 Å². The molecule has 0 saturated carbocycles. The number of fused-ring (bicyclic) bond motifs is 2. The van der Waals surface area contributed by atoms with E-state index >= 15 is 0 Å². The Bertz CT molecular complexity index is 1390. The lowest BCUT2D eigenvalue weighted by Gasteiger charge is -2.24. The van der Waals surface area contributed by atoms with Gasteiger partial charge in [0.25, 0.3) is 11.8 Å². The highest BCUT2D eigenvalue weighted by atomic mass is 35.5. The summed E-state index contributed by atoms with van der Waals surface area (Å²) < 4.78 is 0. The van der Waals surface area contributed by atoms with Crippen LogP contribution in [0.15, 0.2) is 107 Å². The summed E-state index contributed by atoms with van der Waals surface area (Å²) in [4.78, 5) is 30.2. The van der Waals surface area contributed by atoms with Gasteiger partial charge in [0.2, 0.25) is 0 Å². The average molecular weight is 499 g/mol. The van der Waals surface area contributed by atoms with Crippen molar-refractivity contribution in [3.63, 3.8) is 0 Å². The van der Waals surface area contributed by atoms with Gasteiger partial charge in [-0.3, -0.25) is 9.59 Å². The lowest BCUT2D eigenvalue weighted by molar-refractivity contribution is 0.0950. The summed E-state index contributed by atoms with van der Waals surface area (Å²) in [5, 5.41) is 3.62. The molecule has 1 N–H and O–H groups in total. The fourth-order valence-electron chi connectivity index (χ4n) is 4.10. The third-order valence-corrected chi connectivity index (χ3v) is 7.24. The molecule has 4 aromatic rings. The van der Waals surface area contributed by atoms with E-state index in [0.717, 1.165) is 21.8 Å². The molecular formula is C29H23ClN2O2S. The fraction of sp³-hybridized carbons (Fsp3) is 0.103. The number of halogens is 1. The maximum absolute atomic E-state index is 13.7. The van der Waals surface area contributed by atoms with Crippen LogP contribution < -0.4 is 10.2 Å². The van der Waals surface area contributed by atoms with Gasteiger partial charge in [-0.05, 0) is 60.0 Å². The highest BCUT2D eigenvalue weighted by Gasteiger charge is 2.28. The van der Waals surface area contributed by atoms with E-state index in [9.17, 15) is 9.59 Å². The van der Waals surface area contributed by atoms with Gasteiger partial charge in [0.15, 0.2) is 0 Å². The van der Waals surface area contributed by atoms with Crippen LogP contribution in [0.3, 0.4) is 0 Å². The summed E-state index contributed by atoms with van der Waals surface area (Å²) in [7, 11) is 0. The molecule has 1 aliphatic heterocycles. The first kappa shape index (κ1) is 23.2. The van der Waals surface area contributed by atoms with E-state index in [1.807, 2.05) is 97.1 Å². The number of benzene rings is 4. The van der Waals surface area contributed by atoms with Crippen molar-refractivity contribution in [1.29, 1.82) is 0 Å². The van der Waals surface area contributed by atoms with E-state index in [1.165, 1.54) is 17.3 Å². The van der Waals surface area contributed by atoms with Crippen molar-refractivity contribution < 1.29 is 9.59 Å². The first-order chi connectivity index (χ1) is 17.1. The molecule has 0 atom stereocenters. The summed E-state index contributed by atoms with van der Waals surface area (Å²) in [5.74, 6) is -0.265. The predicted octanol–water partition coefficient (Wildman–Crippen LogP) is 6.62. The summed E-state index contributed by atoms with van der Waals surface area (Å²) in [6.07, 6.45) is 0.752. The molecule has 1 heterocycles. The van der Waals surface area contributed by atoms with E-state index < -0.39 is 0 Å². The minimum atomic E-state index is -0.161. The van der Waals surface area contributed by atoms with E-state index in [4.69, 9.17) is 11.6 Å². The molecule has 0 bridgehead atoms. The van der Waals surface area contributed by atoms with Crippen LogP contribution in [0.1, 0.15) is 31.8 Å². The Balaban J connectivity index is 1.45. The zero-order valence-electron chi connectivity index (χ0n) is 18.9. The second kappa shape index (κ2) is 10.4. The standard InChI is InChI=1S/C29H23ClN2O2S/c30-23-10-6-9-21(17-23)19-32-25-18-22(28(33)31-16-15-20-7-2-1-3-8-20)13-14-27(25)35-26-12-5-4-11-24(26)29(32)34/h1-14,17-18H,15-16,19H2,(H,31,33). The number of hydrogen-bond donors (Lipinski definition) is 1. The molecule has 0 spiro atoms. The molecule has 0 fully saturated rings. The Morgan fingerprint density at radius 3 is 2.43 bits per heavy atom. The van der Waals surface area contributed by atoms with Crippen LogP contribution in [0.2, 0.25) is 5.02 Å². The Labute approximate surface area is 213 Å². The van der Waals surface area contributed by atoms with Crippen LogP contribution in [0.25, 0.3) is 0 Å². The highest BCUT2D eigenvalue weighted by Crippen LogP contribution is 2.42. The van der Waals surface area contributed by atoms with Crippen LogP contribution in [-0.2, 0) is 13.0 Å². The largest absolute Gasteiger partial charge is 0.352 e. The normalized spacial score (nSPS) is 12.5. The lowest BCUT2D eigenvalue weighted by atomic mass is 10.1. The van der Waals surface area contributed by atoms with Crippen molar-refractivity contribution in [3.05, 3.63) is 124 Å². The first-order valence-electron chi connectivity index (χ1n) is 11.4. The minimum Gasteiger partial charge on any atom is -0.352 e. The monoisotopic (exact) mass is 498 g/mol. The van der Waals surface area contributed by atoms with Crippen molar-refractivity contribution in [2.75, 3.05) is 11.4 Å². The summed E-state index contributed by atoms with van der Waals surface area (Å²) in [6, 6.07) is 30.7. The number of carbonyl (C=O) groups is 2. The SMILES string of the molecule is O=C(NCCc1ccccc1)c1ccc2c(c1)N(Cc1cccc(Cl)c1)C(=O)c1ccccc1S2. The smallest absolute Gasteiger partial charge is 0.259 e. The molecule has 2 amide bonds. The number of amides is 2. The Hall–Kier alpha value is -3.54. The molecule has 0 saturated heterocycles. The van der Waals surface area contributed by atoms with Gasteiger partial charge in [-0.1, -0.05) is 78.0 Å². The van der Waals surface area contributed by atoms with E-state index in [0.29, 0.717) is 34.9 Å². The quantitative estimate of drug-likeness (QED) is 0.325. The first-order valence-corrected chi connectivity index (χ1v) is 12.6. The Kier molecular flexibility index (Phi) is 6.89. The van der Waals surface area contributed by atoms with Gasteiger partial charge in [0.1, 0.15) is 0 Å². The number of nitrogens with zero attached hydrogens (tertiary/aromatic N) is 1. The Morgan fingerprint density at radius 1 is 0.829 bits per heavy atom. The predicted molar refractivity (Wildman–Crippen MR) is 141 cm³/mol. The molecule has 0 unspecified atom stereocenters. The highest BCUT2D eigenvalue weighted by molar-refractivity contribution is 7.99. The molecule has 35 heavy (non-hydrogen) atoms. The zero-order chi connectivity index (χ0) is 24.2. The number of carbonyl (C=O) groups excluding carboxylic acids is 2. The molecule has 5 rings (SSSR count). The van der Waals surface area contributed by atoms with Gasteiger partial charge in [0.05, 0.1) is 17.8 Å². The third kappa shape index (κ3) is 5.26. The number of anilines is 1.